The Bertz CT molecular complexity index is 978. The van der Waals surface area contributed by atoms with Gasteiger partial charge in [0.15, 0.2) is 8.32 Å². The summed E-state index contributed by atoms with van der Waals surface area (Å²) in [4.78, 5) is 12.8. The lowest BCUT2D eigenvalue weighted by Gasteiger charge is -2.41. The maximum absolute atomic E-state index is 12.7. The van der Waals surface area contributed by atoms with E-state index in [1.165, 1.54) is 12.1 Å². The molecule has 0 amide bonds. The Kier molecular flexibility index (Phi) is 11.0. The summed E-state index contributed by atoms with van der Waals surface area (Å²) in [5.41, 5.74) is 0.974. The summed E-state index contributed by atoms with van der Waals surface area (Å²) in [6.07, 6.45) is 7.05. The lowest BCUT2D eigenvalue weighted by Crippen LogP contribution is -2.45. The Morgan fingerprint density at radius 1 is 1.11 bits per heavy atom. The molecule has 0 spiro atoms. The van der Waals surface area contributed by atoms with Crippen molar-refractivity contribution in [1.82, 2.24) is 0 Å². The van der Waals surface area contributed by atoms with E-state index in [9.17, 15) is 13.2 Å². The molecule has 6 nitrogen and oxygen atoms in total. The number of hydrogen-bond donors (Lipinski definition) is 0. The molecular formula is C28H46O6SSi. The number of ether oxygens (including phenoxy) is 1. The molecule has 1 heterocycles. The molecular weight excluding hydrogens is 492 g/mol. The molecule has 0 fully saturated rings. The van der Waals surface area contributed by atoms with Crippen LogP contribution in [-0.2, 0) is 28.3 Å². The first-order valence-corrected chi connectivity index (χ1v) is 17.4. The van der Waals surface area contributed by atoms with Gasteiger partial charge in [-0.1, -0.05) is 64.5 Å². The van der Waals surface area contributed by atoms with Gasteiger partial charge in [0.1, 0.15) is 6.10 Å². The zero-order valence-electron chi connectivity index (χ0n) is 23.4. The fourth-order valence-corrected chi connectivity index (χ4v) is 6.32. The van der Waals surface area contributed by atoms with Gasteiger partial charge in [-0.3, -0.25) is 8.98 Å². The molecule has 0 radical (unpaired) electrons. The van der Waals surface area contributed by atoms with Gasteiger partial charge >= 0.3 is 5.97 Å². The summed E-state index contributed by atoms with van der Waals surface area (Å²) in [7, 11) is -5.80. The molecule has 0 saturated carbocycles. The third-order valence-electron chi connectivity index (χ3n) is 7.51. The normalized spacial score (nSPS) is 24.8. The largest absolute Gasteiger partial charge is 0.462 e. The Morgan fingerprint density at radius 2 is 1.72 bits per heavy atom. The van der Waals surface area contributed by atoms with Crippen LogP contribution in [0.4, 0.5) is 0 Å². The van der Waals surface area contributed by atoms with Crippen molar-refractivity contribution >= 4 is 24.4 Å². The first-order valence-electron chi connectivity index (χ1n) is 13.1. The molecule has 8 heteroatoms. The van der Waals surface area contributed by atoms with Crippen LogP contribution in [0.15, 0.2) is 41.3 Å². The summed E-state index contributed by atoms with van der Waals surface area (Å²) in [5.74, 6) is -0.209. The predicted molar refractivity (Wildman–Crippen MR) is 147 cm³/mol. The molecule has 36 heavy (non-hydrogen) atoms. The average molecular weight is 539 g/mol. The van der Waals surface area contributed by atoms with Crippen LogP contribution in [0.3, 0.4) is 0 Å². The number of carbonyl (C=O) groups is 1. The fourth-order valence-electron chi connectivity index (χ4n) is 3.86. The molecule has 1 unspecified atom stereocenters. The maximum atomic E-state index is 12.7. The number of hydrogen-bond acceptors (Lipinski definition) is 6. The van der Waals surface area contributed by atoms with E-state index in [4.69, 9.17) is 13.3 Å². The molecule has 2 rings (SSSR count). The quantitative estimate of drug-likeness (QED) is 0.164. The predicted octanol–water partition coefficient (Wildman–Crippen LogP) is 6.80. The third-order valence-corrected chi connectivity index (χ3v) is 13.3. The van der Waals surface area contributed by atoms with Crippen LogP contribution in [-0.4, -0.2) is 41.5 Å². The van der Waals surface area contributed by atoms with Gasteiger partial charge in [-0.2, -0.15) is 8.42 Å². The Balaban J connectivity index is 2.04. The van der Waals surface area contributed by atoms with Crippen molar-refractivity contribution in [3.05, 3.63) is 42.0 Å². The first kappa shape index (κ1) is 30.7. The van der Waals surface area contributed by atoms with Crippen molar-refractivity contribution in [2.45, 2.75) is 109 Å². The summed E-state index contributed by atoms with van der Waals surface area (Å²) < 4.78 is 43.0. The van der Waals surface area contributed by atoms with Crippen LogP contribution in [0.25, 0.3) is 0 Å². The molecule has 0 aromatic heterocycles. The van der Waals surface area contributed by atoms with Crippen LogP contribution < -0.4 is 0 Å². The molecule has 0 saturated heterocycles. The number of carbonyl (C=O) groups excluding carboxylic acids is 1. The van der Waals surface area contributed by atoms with Crippen molar-refractivity contribution < 1.29 is 26.6 Å². The number of cyclic esters (lactones) is 1. The molecule has 204 valence electrons. The van der Waals surface area contributed by atoms with Gasteiger partial charge in [0.05, 0.1) is 11.5 Å². The fraction of sp³-hybridized carbons (Fsp3) is 0.679. The number of benzene rings is 1. The summed E-state index contributed by atoms with van der Waals surface area (Å²) in [6.45, 7) is 17.2. The van der Waals surface area contributed by atoms with Crippen molar-refractivity contribution in [3.63, 3.8) is 0 Å². The molecule has 1 aromatic carbocycles. The molecule has 1 aliphatic heterocycles. The van der Waals surface area contributed by atoms with E-state index in [0.717, 1.165) is 18.4 Å². The molecule has 0 N–H and O–H groups in total. The minimum absolute atomic E-state index is 0.0547. The van der Waals surface area contributed by atoms with Crippen LogP contribution >= 0.6 is 0 Å². The Labute approximate surface area is 220 Å². The SMILES string of the molecule is Cc1ccc(S(=O)(=O)OCC(C)[C@H]2C/C=C/C[C@H](C)[C@@H](O[Si](C)(C)C(C)(C)C)CCCC(=O)O2)cc1. The lowest BCUT2D eigenvalue weighted by atomic mass is 9.95. The number of esters is 1. The van der Waals surface area contributed by atoms with Crippen molar-refractivity contribution in [2.24, 2.45) is 11.8 Å². The second-order valence-electron chi connectivity index (χ2n) is 11.8. The second-order valence-corrected chi connectivity index (χ2v) is 18.2. The van der Waals surface area contributed by atoms with Crippen LogP contribution in [0, 0.1) is 18.8 Å². The third kappa shape index (κ3) is 9.12. The Hall–Kier alpha value is -1.48. The monoisotopic (exact) mass is 538 g/mol. The van der Waals surface area contributed by atoms with Crippen LogP contribution in [0.1, 0.15) is 72.3 Å². The first-order chi connectivity index (χ1) is 16.6. The maximum Gasteiger partial charge on any atom is 0.306 e. The van der Waals surface area contributed by atoms with Crippen LogP contribution in [0.5, 0.6) is 0 Å². The summed E-state index contributed by atoms with van der Waals surface area (Å²) in [5, 5.41) is 0.129. The number of allylic oxidation sites excluding steroid dienone is 1. The zero-order chi connectivity index (χ0) is 27.1. The van der Waals surface area contributed by atoms with Gasteiger partial charge in [-0.25, -0.2) is 0 Å². The second kappa shape index (κ2) is 12.8. The van der Waals surface area contributed by atoms with Gasteiger partial charge in [0, 0.05) is 24.9 Å². The zero-order valence-corrected chi connectivity index (χ0v) is 25.2. The van der Waals surface area contributed by atoms with Gasteiger partial charge in [-0.05, 0) is 62.4 Å². The van der Waals surface area contributed by atoms with E-state index in [0.29, 0.717) is 25.2 Å². The number of rotatable bonds is 7. The summed E-state index contributed by atoms with van der Waals surface area (Å²) >= 11 is 0. The van der Waals surface area contributed by atoms with Gasteiger partial charge in [0.2, 0.25) is 0 Å². The van der Waals surface area contributed by atoms with Gasteiger partial charge < -0.3 is 9.16 Å². The van der Waals surface area contributed by atoms with Crippen molar-refractivity contribution in [1.29, 1.82) is 0 Å². The highest BCUT2D eigenvalue weighted by Crippen LogP contribution is 2.39. The summed E-state index contributed by atoms with van der Waals surface area (Å²) in [6, 6.07) is 6.55. The average Bonchev–Trinajstić information content (AvgIpc) is 2.77. The van der Waals surface area contributed by atoms with E-state index in [1.807, 2.05) is 19.9 Å². The van der Waals surface area contributed by atoms with Crippen molar-refractivity contribution in [2.75, 3.05) is 6.61 Å². The minimum atomic E-state index is -3.87. The highest BCUT2D eigenvalue weighted by molar-refractivity contribution is 7.86. The van der Waals surface area contributed by atoms with Crippen LogP contribution in [0.2, 0.25) is 18.1 Å². The molecule has 1 aromatic rings. The van der Waals surface area contributed by atoms with E-state index >= 15 is 0 Å². The standard InChI is InChI=1S/C28H46O6SSi/c1-21-16-18-24(19-17-21)35(30,31)32-20-23(3)25-13-10-9-12-22(2)26(14-11-15-27(29)33-25)34-36(7,8)28(4,5)6/h9-10,16-19,22-23,25-26H,11-15,20H2,1-8H3/b10-9+/t22-,23?,25+,26-/m0/s1. The van der Waals surface area contributed by atoms with E-state index < -0.39 is 24.5 Å². The molecule has 1 aliphatic rings. The smallest absolute Gasteiger partial charge is 0.306 e. The van der Waals surface area contributed by atoms with Crippen molar-refractivity contribution in [3.8, 4) is 0 Å². The number of aryl methyl sites for hydroxylation is 1. The molecule has 0 aliphatic carbocycles. The Morgan fingerprint density at radius 3 is 2.33 bits per heavy atom. The highest BCUT2D eigenvalue weighted by Gasteiger charge is 2.40. The van der Waals surface area contributed by atoms with E-state index in [2.05, 4.69) is 46.9 Å². The molecule has 0 bridgehead atoms. The lowest BCUT2D eigenvalue weighted by molar-refractivity contribution is -0.152. The van der Waals surface area contributed by atoms with E-state index in [1.54, 1.807) is 12.1 Å². The highest BCUT2D eigenvalue weighted by atomic mass is 32.2. The van der Waals surface area contributed by atoms with Gasteiger partial charge in [-0.15, -0.1) is 0 Å². The minimum Gasteiger partial charge on any atom is -0.462 e. The van der Waals surface area contributed by atoms with Gasteiger partial charge in [0.25, 0.3) is 10.1 Å². The molecule has 4 atom stereocenters. The van der Waals surface area contributed by atoms with E-state index in [-0.39, 0.29) is 34.5 Å². The topological polar surface area (TPSA) is 78.9 Å².